The smallest absolute Gasteiger partial charge is 0.0780 e. The molecule has 0 aromatic heterocycles. The molecule has 0 aliphatic carbocycles. The van der Waals surface area contributed by atoms with E-state index in [0.29, 0.717) is 13.2 Å². The van der Waals surface area contributed by atoms with Crippen LogP contribution in [0.25, 0.3) is 0 Å². The van der Waals surface area contributed by atoms with Gasteiger partial charge in [0.2, 0.25) is 0 Å². The van der Waals surface area contributed by atoms with Crippen molar-refractivity contribution in [2.75, 3.05) is 19.8 Å². The molecule has 0 amide bonds. The van der Waals surface area contributed by atoms with Crippen LogP contribution in [0.3, 0.4) is 0 Å². The fourth-order valence-electron chi connectivity index (χ4n) is 0.903. The van der Waals surface area contributed by atoms with E-state index in [2.05, 4.69) is 6.07 Å². The van der Waals surface area contributed by atoms with Gasteiger partial charge in [0, 0.05) is 13.2 Å². The van der Waals surface area contributed by atoms with E-state index in [1.54, 1.807) is 0 Å². The molecule has 1 unspecified atom stereocenters. The van der Waals surface area contributed by atoms with Gasteiger partial charge < -0.3 is 9.47 Å². The Balaban J connectivity index is 3.50. The van der Waals surface area contributed by atoms with Gasteiger partial charge in [-0.25, -0.2) is 0 Å². The Bertz CT molecular complexity index is 184. The van der Waals surface area contributed by atoms with Crippen molar-refractivity contribution in [3.8, 4) is 6.07 Å². The molecule has 0 saturated carbocycles. The molecular weight excluding hydrogens is 178 g/mol. The minimum atomic E-state index is -0.286. The fraction of sp³-hybridized carbons (Fsp3) is 0.909. The number of hydrogen-bond donors (Lipinski definition) is 0. The maximum absolute atomic E-state index is 8.77. The number of nitrogens with zero attached hydrogens (tertiary/aromatic N) is 1. The molecule has 0 radical (unpaired) electrons. The van der Waals surface area contributed by atoms with E-state index in [1.165, 1.54) is 0 Å². The van der Waals surface area contributed by atoms with Crippen molar-refractivity contribution in [1.29, 1.82) is 5.26 Å². The van der Waals surface area contributed by atoms with E-state index in [0.717, 1.165) is 13.0 Å². The summed E-state index contributed by atoms with van der Waals surface area (Å²) in [6.07, 6.45) is 0.879. The zero-order valence-corrected chi connectivity index (χ0v) is 9.67. The molecule has 0 fully saturated rings. The zero-order chi connectivity index (χ0) is 11.0. The molecule has 0 saturated heterocycles. The van der Waals surface area contributed by atoms with Crippen LogP contribution in [0.4, 0.5) is 0 Å². The van der Waals surface area contributed by atoms with E-state index >= 15 is 0 Å². The van der Waals surface area contributed by atoms with Crippen LogP contribution >= 0.6 is 0 Å². The van der Waals surface area contributed by atoms with Crippen molar-refractivity contribution < 1.29 is 9.47 Å². The van der Waals surface area contributed by atoms with E-state index in [4.69, 9.17) is 14.7 Å². The van der Waals surface area contributed by atoms with E-state index in [1.807, 2.05) is 27.7 Å². The highest BCUT2D eigenvalue weighted by molar-refractivity contribution is 4.91. The molecule has 1 atom stereocenters. The van der Waals surface area contributed by atoms with Gasteiger partial charge in [0.25, 0.3) is 0 Å². The van der Waals surface area contributed by atoms with E-state index < -0.39 is 0 Å². The van der Waals surface area contributed by atoms with Crippen LogP contribution in [0.15, 0.2) is 0 Å². The van der Waals surface area contributed by atoms with Crippen LogP contribution in [-0.4, -0.2) is 25.9 Å². The van der Waals surface area contributed by atoms with Crippen molar-refractivity contribution in [1.82, 2.24) is 0 Å². The van der Waals surface area contributed by atoms with Gasteiger partial charge in [-0.1, -0.05) is 0 Å². The Hall–Kier alpha value is -0.590. The molecule has 82 valence electrons. The third kappa shape index (κ3) is 6.88. The maximum atomic E-state index is 8.77. The van der Waals surface area contributed by atoms with Gasteiger partial charge in [-0.2, -0.15) is 5.26 Å². The molecule has 0 rings (SSSR count). The molecule has 0 spiro atoms. The highest BCUT2D eigenvalue weighted by Gasteiger charge is 2.16. The lowest BCUT2D eigenvalue weighted by Gasteiger charge is -2.17. The summed E-state index contributed by atoms with van der Waals surface area (Å²) in [7, 11) is 0. The van der Waals surface area contributed by atoms with Gasteiger partial charge in [0.1, 0.15) is 0 Å². The average Bonchev–Trinajstić information content (AvgIpc) is 2.14. The summed E-state index contributed by atoms with van der Waals surface area (Å²) in [5.41, 5.74) is -0.286. The Labute approximate surface area is 87.0 Å². The van der Waals surface area contributed by atoms with Crippen LogP contribution in [0.1, 0.15) is 34.1 Å². The zero-order valence-electron chi connectivity index (χ0n) is 9.67. The second-order valence-electron chi connectivity index (χ2n) is 4.09. The highest BCUT2D eigenvalue weighted by atomic mass is 16.5. The molecule has 14 heavy (non-hydrogen) atoms. The standard InChI is InChI=1S/C11H21NO2/c1-5-13-8-10(2)14-7-6-11(3,4)9-12/h10H,5-8H2,1-4H3. The first kappa shape index (κ1) is 13.4. The van der Waals surface area contributed by atoms with Crippen molar-refractivity contribution in [3.05, 3.63) is 0 Å². The van der Waals surface area contributed by atoms with Crippen molar-refractivity contribution in [2.24, 2.45) is 5.41 Å². The quantitative estimate of drug-likeness (QED) is 0.632. The number of ether oxygens (including phenoxy) is 2. The Kier molecular flexibility index (Phi) is 6.52. The summed E-state index contributed by atoms with van der Waals surface area (Å²) in [4.78, 5) is 0. The van der Waals surface area contributed by atoms with Crippen LogP contribution in [-0.2, 0) is 9.47 Å². The molecule has 0 aliphatic rings. The summed E-state index contributed by atoms with van der Waals surface area (Å²) in [6.45, 7) is 9.75. The van der Waals surface area contributed by atoms with Gasteiger partial charge in [-0.05, 0) is 34.1 Å². The van der Waals surface area contributed by atoms with Crippen molar-refractivity contribution >= 4 is 0 Å². The minimum Gasteiger partial charge on any atom is -0.379 e. The second kappa shape index (κ2) is 6.80. The Morgan fingerprint density at radius 2 is 2.07 bits per heavy atom. The predicted molar refractivity (Wildman–Crippen MR) is 55.9 cm³/mol. The molecule has 3 heteroatoms. The third-order valence-corrected chi connectivity index (χ3v) is 1.99. The molecule has 0 aromatic carbocycles. The van der Waals surface area contributed by atoms with Crippen molar-refractivity contribution in [3.63, 3.8) is 0 Å². The normalized spacial score (nSPS) is 13.6. The van der Waals surface area contributed by atoms with Crippen LogP contribution in [0, 0.1) is 16.7 Å². The fourth-order valence-corrected chi connectivity index (χ4v) is 0.903. The molecular formula is C11H21NO2. The monoisotopic (exact) mass is 199 g/mol. The average molecular weight is 199 g/mol. The summed E-state index contributed by atoms with van der Waals surface area (Å²) in [5.74, 6) is 0. The van der Waals surface area contributed by atoms with Gasteiger partial charge in [0.05, 0.1) is 24.2 Å². The molecule has 3 nitrogen and oxygen atoms in total. The first-order chi connectivity index (χ1) is 6.52. The van der Waals surface area contributed by atoms with Gasteiger partial charge in [-0.3, -0.25) is 0 Å². The van der Waals surface area contributed by atoms with E-state index in [9.17, 15) is 0 Å². The largest absolute Gasteiger partial charge is 0.379 e. The summed E-state index contributed by atoms with van der Waals surface area (Å²) in [5, 5.41) is 8.77. The summed E-state index contributed by atoms with van der Waals surface area (Å²) >= 11 is 0. The van der Waals surface area contributed by atoms with Crippen LogP contribution in [0.2, 0.25) is 0 Å². The van der Waals surface area contributed by atoms with Crippen LogP contribution in [0.5, 0.6) is 0 Å². The van der Waals surface area contributed by atoms with Gasteiger partial charge in [0.15, 0.2) is 0 Å². The molecule has 0 heterocycles. The lowest BCUT2D eigenvalue weighted by molar-refractivity contribution is -0.00928. The van der Waals surface area contributed by atoms with Gasteiger partial charge >= 0.3 is 0 Å². The first-order valence-corrected chi connectivity index (χ1v) is 5.12. The molecule has 0 aliphatic heterocycles. The number of hydrogen-bond acceptors (Lipinski definition) is 3. The predicted octanol–water partition coefficient (Wildman–Crippen LogP) is 2.37. The summed E-state index contributed by atoms with van der Waals surface area (Å²) < 4.78 is 10.7. The van der Waals surface area contributed by atoms with Gasteiger partial charge in [-0.15, -0.1) is 0 Å². The molecule has 0 aromatic rings. The van der Waals surface area contributed by atoms with Crippen LogP contribution < -0.4 is 0 Å². The first-order valence-electron chi connectivity index (χ1n) is 5.12. The SMILES string of the molecule is CCOCC(C)OCCC(C)(C)C#N. The Morgan fingerprint density at radius 1 is 1.43 bits per heavy atom. The molecule has 0 bridgehead atoms. The van der Waals surface area contributed by atoms with E-state index in [-0.39, 0.29) is 11.5 Å². The minimum absolute atomic E-state index is 0.115. The second-order valence-corrected chi connectivity index (χ2v) is 4.09. The van der Waals surface area contributed by atoms with Crippen molar-refractivity contribution in [2.45, 2.75) is 40.2 Å². The topological polar surface area (TPSA) is 42.2 Å². The molecule has 0 N–H and O–H groups in total. The Morgan fingerprint density at radius 3 is 2.57 bits per heavy atom. The lowest BCUT2D eigenvalue weighted by Crippen LogP contribution is -2.19. The number of nitriles is 1. The number of rotatable bonds is 7. The maximum Gasteiger partial charge on any atom is 0.0780 e. The summed E-state index contributed by atoms with van der Waals surface area (Å²) in [6, 6.07) is 2.25. The highest BCUT2D eigenvalue weighted by Crippen LogP contribution is 2.18. The lowest BCUT2D eigenvalue weighted by atomic mass is 9.92. The third-order valence-electron chi connectivity index (χ3n) is 1.99.